The Labute approximate surface area is 243 Å². The fourth-order valence-corrected chi connectivity index (χ4v) is 4.18. The van der Waals surface area contributed by atoms with Gasteiger partial charge in [-0.1, -0.05) is 24.3 Å². The van der Waals surface area contributed by atoms with E-state index in [1.165, 1.54) is 31.3 Å². The van der Waals surface area contributed by atoms with Crippen LogP contribution in [0.3, 0.4) is 0 Å². The van der Waals surface area contributed by atoms with Crippen molar-refractivity contribution < 1.29 is 33.4 Å². The Morgan fingerprint density at radius 1 is 1.10 bits per heavy atom. The summed E-state index contributed by atoms with van der Waals surface area (Å²) in [5.41, 5.74) is 11.9. The average molecular weight is 584 g/mol. The maximum Gasteiger partial charge on any atom is 0.325 e. The van der Waals surface area contributed by atoms with Crippen LogP contribution < -0.4 is 16.8 Å². The van der Waals surface area contributed by atoms with Gasteiger partial charge in [-0.3, -0.25) is 19.4 Å². The predicted octanol–water partition coefficient (Wildman–Crippen LogP) is 2.39. The number of carbonyl (C=O) groups is 3. The number of rotatable bonds is 15. The van der Waals surface area contributed by atoms with Crippen molar-refractivity contribution in [3.63, 3.8) is 0 Å². The first kappa shape index (κ1) is 32.5. The van der Waals surface area contributed by atoms with Crippen LogP contribution in [0.1, 0.15) is 56.1 Å². The van der Waals surface area contributed by atoms with E-state index in [4.69, 9.17) is 20.9 Å². The molecule has 0 radical (unpaired) electrons. The predicted molar refractivity (Wildman–Crippen MR) is 153 cm³/mol. The minimum absolute atomic E-state index is 0.00984. The zero-order valence-corrected chi connectivity index (χ0v) is 24.0. The summed E-state index contributed by atoms with van der Waals surface area (Å²) in [6.45, 7) is 4.61. The Bertz CT molecular complexity index is 1380. The fraction of sp³-hybridized carbons (Fsp3) is 0.433. The van der Waals surface area contributed by atoms with Gasteiger partial charge in [-0.05, 0) is 76.3 Å². The topological polar surface area (TPSA) is 180 Å². The molecule has 0 saturated heterocycles. The van der Waals surface area contributed by atoms with Crippen LogP contribution in [0, 0.1) is 11.7 Å². The summed E-state index contributed by atoms with van der Waals surface area (Å²) >= 11 is 0. The number of ether oxygens (including phenoxy) is 2. The van der Waals surface area contributed by atoms with Crippen LogP contribution in [0.15, 0.2) is 54.7 Å². The zero-order chi connectivity index (χ0) is 30.9. The highest BCUT2D eigenvalue weighted by Crippen LogP contribution is 2.20. The normalized spacial score (nSPS) is 14.5. The summed E-state index contributed by atoms with van der Waals surface area (Å²) in [5.74, 6) is -3.09. The van der Waals surface area contributed by atoms with Gasteiger partial charge in [-0.2, -0.15) is 0 Å². The smallest absolute Gasteiger partial charge is 0.325 e. The van der Waals surface area contributed by atoms with E-state index in [-0.39, 0.29) is 25.1 Å². The summed E-state index contributed by atoms with van der Waals surface area (Å²) in [7, 11) is 0. The molecule has 1 heterocycles. The van der Waals surface area contributed by atoms with Crippen molar-refractivity contribution in [3.05, 3.63) is 71.8 Å². The first-order chi connectivity index (χ1) is 19.8. The van der Waals surface area contributed by atoms with Crippen LogP contribution in [0.25, 0.3) is 11.0 Å². The molecule has 2 amide bonds. The van der Waals surface area contributed by atoms with Gasteiger partial charge in [0.25, 0.3) is 5.91 Å². The number of nitrogens with one attached hydrogen (secondary N) is 1. The number of primary amides is 1. The maximum absolute atomic E-state index is 14.0. The highest BCUT2D eigenvalue weighted by Gasteiger charge is 2.31. The first-order valence-electron chi connectivity index (χ1n) is 13.7. The van der Waals surface area contributed by atoms with Crippen molar-refractivity contribution in [2.24, 2.45) is 17.4 Å². The second-order valence-corrected chi connectivity index (χ2v) is 10.9. The molecule has 0 unspecified atom stereocenters. The third-order valence-electron chi connectivity index (χ3n) is 6.53. The molecule has 0 bridgehead atoms. The lowest BCUT2D eigenvalue weighted by Crippen LogP contribution is -2.49. The average Bonchev–Trinajstić information content (AvgIpc) is 2.92. The van der Waals surface area contributed by atoms with Gasteiger partial charge in [-0.25, -0.2) is 9.37 Å². The molecule has 0 aliphatic rings. The number of aromatic nitrogens is 2. The minimum Gasteiger partial charge on any atom is -0.432 e. The van der Waals surface area contributed by atoms with E-state index in [1.807, 2.05) is 0 Å². The lowest BCUT2D eigenvalue weighted by Gasteiger charge is -2.29. The molecule has 6 N–H and O–H groups in total. The van der Waals surface area contributed by atoms with Gasteiger partial charge in [-0.15, -0.1) is 0 Å². The fourth-order valence-electron chi connectivity index (χ4n) is 4.18. The second-order valence-electron chi connectivity index (χ2n) is 10.9. The number of esters is 1. The van der Waals surface area contributed by atoms with Crippen molar-refractivity contribution in [3.8, 4) is 0 Å². The number of benzene rings is 2. The molecule has 1 aromatic heterocycles. The Morgan fingerprint density at radius 3 is 2.45 bits per heavy atom. The number of hydrogen-bond acceptors (Lipinski definition) is 9. The molecule has 0 saturated carbocycles. The molecule has 11 nitrogen and oxygen atoms in total. The third-order valence-corrected chi connectivity index (χ3v) is 6.53. The van der Waals surface area contributed by atoms with Crippen LogP contribution in [0.2, 0.25) is 0 Å². The monoisotopic (exact) mass is 583 g/mol. The van der Waals surface area contributed by atoms with Crippen LogP contribution in [0.5, 0.6) is 0 Å². The Morgan fingerprint density at radius 2 is 1.81 bits per heavy atom. The quantitative estimate of drug-likeness (QED) is 0.154. The summed E-state index contributed by atoms with van der Waals surface area (Å²) in [6, 6.07) is 10.8. The van der Waals surface area contributed by atoms with Crippen LogP contribution >= 0.6 is 0 Å². The van der Waals surface area contributed by atoms with Crippen molar-refractivity contribution in [2.75, 3.05) is 6.61 Å². The summed E-state index contributed by atoms with van der Waals surface area (Å²) in [6.07, 6.45) is 0.770. The molecule has 0 spiro atoms. The molecular formula is C30H38FN5O6. The molecular weight excluding hydrogens is 545 g/mol. The van der Waals surface area contributed by atoms with E-state index in [0.717, 1.165) is 0 Å². The Balaban J connectivity index is 1.86. The van der Waals surface area contributed by atoms with E-state index in [2.05, 4.69) is 15.3 Å². The number of nitrogens with zero attached hydrogens (tertiary/aromatic N) is 2. The summed E-state index contributed by atoms with van der Waals surface area (Å²) in [4.78, 5) is 46.6. The van der Waals surface area contributed by atoms with E-state index >= 15 is 0 Å². The van der Waals surface area contributed by atoms with E-state index in [9.17, 15) is 23.9 Å². The third kappa shape index (κ3) is 10.1. The molecule has 2 aromatic carbocycles. The second kappa shape index (κ2) is 14.8. The summed E-state index contributed by atoms with van der Waals surface area (Å²) < 4.78 is 25.5. The maximum atomic E-state index is 14.0. The highest BCUT2D eigenvalue weighted by atomic mass is 19.1. The van der Waals surface area contributed by atoms with E-state index < -0.39 is 53.5 Å². The number of hydrogen-bond donors (Lipinski definition) is 4. The van der Waals surface area contributed by atoms with Crippen LogP contribution in [-0.2, 0) is 25.5 Å². The number of carbonyl (C=O) groups excluding carboxylic acids is 3. The number of amides is 2. The number of halogens is 1. The van der Waals surface area contributed by atoms with Gasteiger partial charge in [0.1, 0.15) is 17.6 Å². The molecule has 226 valence electrons. The largest absolute Gasteiger partial charge is 0.432 e. The molecule has 3 rings (SSSR count). The number of fused-ring (bicyclic) bond motifs is 1. The molecule has 0 aliphatic heterocycles. The highest BCUT2D eigenvalue weighted by molar-refractivity contribution is 5.94. The molecule has 4 atom stereocenters. The summed E-state index contributed by atoms with van der Waals surface area (Å²) in [5, 5.41) is 12.8. The van der Waals surface area contributed by atoms with Crippen molar-refractivity contribution in [2.45, 2.75) is 70.4 Å². The number of nitrogens with two attached hydrogens (primary N) is 2. The number of aliphatic hydroxyl groups is 1. The molecule has 3 aromatic rings. The number of para-hydroxylation sites is 2. The van der Waals surface area contributed by atoms with Gasteiger partial charge < -0.3 is 31.4 Å². The SMILES string of the molecule is C[C@H](N)C(=O)O[C@H](OCC[C@@H](CCC(C)(C)O)C(N)=O)[C@H](Cc1cccc(F)c1)NC(=O)c1cnc2ccccc2n1. The Kier molecular flexibility index (Phi) is 11.4. The molecule has 0 fully saturated rings. The van der Waals surface area contributed by atoms with E-state index in [0.29, 0.717) is 29.4 Å². The molecule has 12 heteroatoms. The van der Waals surface area contributed by atoms with Gasteiger partial charge in [0.2, 0.25) is 12.2 Å². The van der Waals surface area contributed by atoms with Crippen LogP contribution in [0.4, 0.5) is 4.39 Å². The van der Waals surface area contributed by atoms with Gasteiger partial charge in [0.15, 0.2) is 0 Å². The zero-order valence-electron chi connectivity index (χ0n) is 24.0. The van der Waals surface area contributed by atoms with E-state index in [1.54, 1.807) is 44.2 Å². The van der Waals surface area contributed by atoms with Gasteiger partial charge in [0, 0.05) is 5.92 Å². The standard InChI is InChI=1S/C30H38FN5O6/c1-18(32)28(39)42-29(41-14-12-20(26(33)37)11-13-30(2,3)40)24(16-19-7-6-8-21(31)15-19)36-27(38)25-17-34-22-9-4-5-10-23(22)35-25/h4-10,15,17-18,20,24,29,40H,11-14,16,32H2,1-3H3,(H2,33,37)(H,36,38)/t18-,20+,24-,29-/m0/s1. The van der Waals surface area contributed by atoms with Crippen molar-refractivity contribution in [1.82, 2.24) is 15.3 Å². The lowest BCUT2D eigenvalue weighted by molar-refractivity contribution is -0.187. The molecule has 42 heavy (non-hydrogen) atoms. The minimum atomic E-state index is -1.37. The first-order valence-corrected chi connectivity index (χ1v) is 13.7. The van der Waals surface area contributed by atoms with Crippen molar-refractivity contribution in [1.29, 1.82) is 0 Å². The van der Waals surface area contributed by atoms with Crippen molar-refractivity contribution >= 4 is 28.8 Å². The van der Waals surface area contributed by atoms with Crippen LogP contribution in [-0.4, -0.2) is 63.4 Å². The molecule has 0 aliphatic carbocycles. The Hall–Kier alpha value is -4.00. The lowest BCUT2D eigenvalue weighted by atomic mass is 9.92. The van der Waals surface area contributed by atoms with Gasteiger partial charge in [0.05, 0.1) is 35.5 Å². The van der Waals surface area contributed by atoms with Gasteiger partial charge >= 0.3 is 5.97 Å².